The Morgan fingerprint density at radius 1 is 1.58 bits per heavy atom. The number of carbonyl (C=O) groups is 1. The molecular weight excluding hydrogens is 176 g/mol. The molecule has 12 heavy (non-hydrogen) atoms. The average Bonchev–Trinajstić information content (AvgIpc) is 2.04. The highest BCUT2D eigenvalue weighted by molar-refractivity contribution is 6.68. The van der Waals surface area contributed by atoms with Crippen LogP contribution in [0.4, 0.5) is 5.69 Å². The summed E-state index contributed by atoms with van der Waals surface area (Å²) in [5, 5.41) is -0.480. The maximum atomic E-state index is 10.9. The van der Waals surface area contributed by atoms with Gasteiger partial charge in [-0.15, -0.1) is 0 Å². The molecule has 1 aromatic rings. The van der Waals surface area contributed by atoms with Gasteiger partial charge in [0.1, 0.15) is 0 Å². The fourth-order valence-electron chi connectivity index (χ4n) is 0.929. The number of halogens is 1. The fraction of sp³-hybridized carbons (Fsp3) is 0.250. The van der Waals surface area contributed by atoms with Gasteiger partial charge in [-0.2, -0.15) is 0 Å². The van der Waals surface area contributed by atoms with E-state index in [4.69, 9.17) is 11.6 Å². The summed E-state index contributed by atoms with van der Waals surface area (Å²) in [6.07, 6.45) is 3.09. The van der Waals surface area contributed by atoms with Gasteiger partial charge in [-0.3, -0.25) is 9.78 Å². The molecule has 0 radical (unpaired) electrons. The summed E-state index contributed by atoms with van der Waals surface area (Å²) in [5.41, 5.74) is 1.22. The highest BCUT2D eigenvalue weighted by atomic mass is 35.5. The summed E-state index contributed by atoms with van der Waals surface area (Å²) < 4.78 is 0. The lowest BCUT2D eigenvalue weighted by Gasteiger charge is -2.14. The van der Waals surface area contributed by atoms with E-state index in [9.17, 15) is 4.79 Å². The Morgan fingerprint density at radius 3 is 2.67 bits per heavy atom. The fourth-order valence-corrected chi connectivity index (χ4v) is 1.07. The highest BCUT2D eigenvalue weighted by Crippen LogP contribution is 2.17. The molecule has 0 saturated heterocycles. The Bertz CT molecular complexity index is 299. The van der Waals surface area contributed by atoms with Gasteiger partial charge in [-0.1, -0.05) is 0 Å². The number of pyridine rings is 1. The second kappa shape index (κ2) is 3.54. The summed E-state index contributed by atoms with van der Waals surface area (Å²) in [4.78, 5) is 16.5. The Morgan fingerprint density at radius 2 is 2.25 bits per heavy atom. The lowest BCUT2D eigenvalue weighted by molar-refractivity contribution is 0.108. The molecule has 0 spiro atoms. The van der Waals surface area contributed by atoms with Crippen LogP contribution in [-0.2, 0) is 0 Å². The van der Waals surface area contributed by atoms with Crippen molar-refractivity contribution in [3.05, 3.63) is 24.0 Å². The van der Waals surface area contributed by atoms with Gasteiger partial charge in [-0.05, 0) is 17.7 Å². The standard InChI is InChI=1S/C8H9ClN2O/c1-11(2)7-3-4-10-5-6(7)8(9)12/h3-5H,1-2H3. The van der Waals surface area contributed by atoms with Crippen LogP contribution in [0.15, 0.2) is 18.5 Å². The molecular formula is C8H9ClN2O. The predicted molar refractivity (Wildman–Crippen MR) is 48.7 cm³/mol. The van der Waals surface area contributed by atoms with E-state index < -0.39 is 5.24 Å². The molecule has 1 rings (SSSR count). The molecule has 0 aliphatic heterocycles. The number of nitrogens with zero attached hydrogens (tertiary/aromatic N) is 2. The molecule has 0 atom stereocenters. The molecule has 64 valence electrons. The zero-order valence-corrected chi connectivity index (χ0v) is 7.67. The molecule has 3 nitrogen and oxygen atoms in total. The van der Waals surface area contributed by atoms with Crippen molar-refractivity contribution in [2.24, 2.45) is 0 Å². The van der Waals surface area contributed by atoms with Gasteiger partial charge in [0.25, 0.3) is 5.24 Å². The second-order valence-corrected chi connectivity index (χ2v) is 2.90. The van der Waals surface area contributed by atoms with Crippen LogP contribution in [0, 0.1) is 0 Å². The SMILES string of the molecule is CN(C)c1ccncc1C(=O)Cl. The van der Waals surface area contributed by atoms with Crippen LogP contribution in [0.2, 0.25) is 0 Å². The molecule has 0 saturated carbocycles. The van der Waals surface area contributed by atoms with E-state index in [1.54, 1.807) is 12.3 Å². The first-order chi connectivity index (χ1) is 5.63. The average molecular weight is 185 g/mol. The smallest absolute Gasteiger partial charge is 0.256 e. The largest absolute Gasteiger partial charge is 0.377 e. The van der Waals surface area contributed by atoms with E-state index in [0.29, 0.717) is 5.56 Å². The molecule has 1 aromatic heterocycles. The second-order valence-electron chi connectivity index (χ2n) is 2.56. The van der Waals surface area contributed by atoms with Crippen LogP contribution in [0.5, 0.6) is 0 Å². The first-order valence-electron chi connectivity index (χ1n) is 3.44. The summed E-state index contributed by atoms with van der Waals surface area (Å²) in [6, 6.07) is 1.75. The first-order valence-corrected chi connectivity index (χ1v) is 3.82. The number of aromatic nitrogens is 1. The first kappa shape index (κ1) is 9.00. The quantitative estimate of drug-likeness (QED) is 0.654. The van der Waals surface area contributed by atoms with Crippen LogP contribution in [0.25, 0.3) is 0 Å². The zero-order chi connectivity index (χ0) is 9.14. The van der Waals surface area contributed by atoms with Gasteiger partial charge in [-0.25, -0.2) is 0 Å². The van der Waals surface area contributed by atoms with E-state index >= 15 is 0 Å². The van der Waals surface area contributed by atoms with E-state index in [-0.39, 0.29) is 0 Å². The van der Waals surface area contributed by atoms with E-state index in [2.05, 4.69) is 4.98 Å². The van der Waals surface area contributed by atoms with Crippen molar-refractivity contribution in [1.29, 1.82) is 0 Å². The van der Waals surface area contributed by atoms with Crippen molar-refractivity contribution < 1.29 is 4.79 Å². The van der Waals surface area contributed by atoms with Gasteiger partial charge in [0.05, 0.1) is 11.3 Å². The summed E-state index contributed by atoms with van der Waals surface area (Å²) >= 11 is 5.35. The van der Waals surface area contributed by atoms with Crippen LogP contribution >= 0.6 is 11.6 Å². The monoisotopic (exact) mass is 184 g/mol. The van der Waals surface area contributed by atoms with Crippen molar-refractivity contribution in [1.82, 2.24) is 4.98 Å². The molecule has 0 aliphatic rings. The number of carbonyl (C=O) groups excluding carboxylic acids is 1. The Balaban J connectivity index is 3.17. The molecule has 0 fully saturated rings. The Labute approximate surface area is 76.0 Å². The van der Waals surface area contributed by atoms with Gasteiger partial charge >= 0.3 is 0 Å². The minimum absolute atomic E-state index is 0.434. The van der Waals surface area contributed by atoms with Crippen molar-refractivity contribution in [3.8, 4) is 0 Å². The minimum atomic E-state index is -0.480. The maximum absolute atomic E-state index is 10.9. The van der Waals surface area contributed by atoms with Gasteiger partial charge in [0.15, 0.2) is 0 Å². The highest BCUT2D eigenvalue weighted by Gasteiger charge is 2.09. The Hall–Kier alpha value is -1.09. The molecule has 0 aromatic carbocycles. The molecule has 0 unspecified atom stereocenters. The lowest BCUT2D eigenvalue weighted by atomic mass is 10.2. The van der Waals surface area contributed by atoms with Crippen molar-refractivity contribution >= 4 is 22.5 Å². The molecule has 1 heterocycles. The topological polar surface area (TPSA) is 33.2 Å². The molecule has 0 bridgehead atoms. The predicted octanol–water partition coefficient (Wildman–Crippen LogP) is 1.53. The number of anilines is 1. The van der Waals surface area contributed by atoms with E-state index in [1.807, 2.05) is 19.0 Å². The van der Waals surface area contributed by atoms with E-state index in [0.717, 1.165) is 5.69 Å². The molecule has 0 N–H and O–H groups in total. The van der Waals surface area contributed by atoms with E-state index in [1.165, 1.54) is 6.20 Å². The van der Waals surface area contributed by atoms with Crippen LogP contribution < -0.4 is 4.90 Å². The minimum Gasteiger partial charge on any atom is -0.377 e. The lowest BCUT2D eigenvalue weighted by Crippen LogP contribution is -2.12. The zero-order valence-electron chi connectivity index (χ0n) is 6.91. The molecule has 0 aliphatic carbocycles. The summed E-state index contributed by atoms with van der Waals surface area (Å²) in [7, 11) is 3.69. The third-order valence-corrected chi connectivity index (χ3v) is 1.70. The van der Waals surface area contributed by atoms with Crippen LogP contribution in [-0.4, -0.2) is 24.3 Å². The number of hydrogen-bond donors (Lipinski definition) is 0. The summed E-state index contributed by atoms with van der Waals surface area (Å²) in [5.74, 6) is 0. The molecule has 0 amide bonds. The van der Waals surface area contributed by atoms with Crippen LogP contribution in [0.1, 0.15) is 10.4 Å². The Kier molecular flexibility index (Phi) is 2.65. The van der Waals surface area contributed by atoms with Crippen LogP contribution in [0.3, 0.4) is 0 Å². The number of rotatable bonds is 2. The van der Waals surface area contributed by atoms with Crippen molar-refractivity contribution in [2.75, 3.05) is 19.0 Å². The molecule has 4 heteroatoms. The van der Waals surface area contributed by atoms with Crippen molar-refractivity contribution in [2.45, 2.75) is 0 Å². The number of hydrogen-bond acceptors (Lipinski definition) is 3. The van der Waals surface area contributed by atoms with Gasteiger partial charge < -0.3 is 4.90 Å². The van der Waals surface area contributed by atoms with Gasteiger partial charge in [0, 0.05) is 26.5 Å². The third-order valence-electron chi connectivity index (χ3n) is 1.49. The van der Waals surface area contributed by atoms with Gasteiger partial charge in [0.2, 0.25) is 0 Å². The summed E-state index contributed by atoms with van der Waals surface area (Å²) in [6.45, 7) is 0. The maximum Gasteiger partial charge on any atom is 0.256 e. The third kappa shape index (κ3) is 1.74. The normalized spacial score (nSPS) is 9.58. The van der Waals surface area contributed by atoms with Crippen molar-refractivity contribution in [3.63, 3.8) is 0 Å².